The first kappa shape index (κ1) is 20.1. The van der Waals surface area contributed by atoms with Crippen LogP contribution in [0.15, 0.2) is 48.5 Å². The highest BCUT2D eigenvalue weighted by atomic mass is 16.6. The van der Waals surface area contributed by atoms with Gasteiger partial charge in [0, 0.05) is 6.54 Å². The average Bonchev–Trinajstić information content (AvgIpc) is 2.70. The average molecular weight is 373 g/mol. The molecule has 2 aromatic rings. The van der Waals surface area contributed by atoms with Gasteiger partial charge in [0.25, 0.3) is 5.91 Å². The van der Waals surface area contributed by atoms with E-state index in [4.69, 9.17) is 18.9 Å². The zero-order valence-electron chi connectivity index (χ0n) is 15.6. The number of amides is 1. The molecule has 1 amide bonds. The summed E-state index contributed by atoms with van der Waals surface area (Å²) < 4.78 is 20.8. The van der Waals surface area contributed by atoms with Crippen LogP contribution < -0.4 is 19.5 Å². The van der Waals surface area contributed by atoms with Gasteiger partial charge in [-0.1, -0.05) is 24.3 Å². The Morgan fingerprint density at radius 3 is 2.37 bits per heavy atom. The summed E-state index contributed by atoms with van der Waals surface area (Å²) in [6.07, 6.45) is -0.814. The monoisotopic (exact) mass is 373 g/mol. The molecule has 2 rings (SSSR count). The number of ether oxygens (including phenoxy) is 4. The maximum absolute atomic E-state index is 11.9. The molecular weight excluding hydrogens is 350 g/mol. The van der Waals surface area contributed by atoms with Crippen LogP contribution in [-0.4, -0.2) is 38.8 Å². The minimum Gasteiger partial charge on any atom is -0.493 e. The van der Waals surface area contributed by atoms with Gasteiger partial charge in [0.1, 0.15) is 5.75 Å². The van der Waals surface area contributed by atoms with Gasteiger partial charge < -0.3 is 24.3 Å². The van der Waals surface area contributed by atoms with Crippen LogP contribution in [0.4, 0.5) is 0 Å². The largest absolute Gasteiger partial charge is 0.493 e. The summed E-state index contributed by atoms with van der Waals surface area (Å²) in [5.41, 5.74) is 0.827. The lowest BCUT2D eigenvalue weighted by Gasteiger charge is -2.14. The van der Waals surface area contributed by atoms with Gasteiger partial charge in [-0.2, -0.15) is 0 Å². The Kier molecular flexibility index (Phi) is 7.49. The predicted octanol–water partition coefficient (Wildman–Crippen LogP) is 2.33. The van der Waals surface area contributed by atoms with Crippen molar-refractivity contribution in [2.45, 2.75) is 19.6 Å². The molecule has 144 valence electrons. The standard InChI is InChI=1S/C20H23NO6/c1-14(27-16-7-5-4-6-8-16)20(23)26-13-19(22)21-12-15-9-10-17(24-2)18(11-15)25-3/h4-11,14H,12-13H2,1-3H3,(H,21,22)/t14-/m1/s1. The van der Waals surface area contributed by atoms with Crippen molar-refractivity contribution in [3.8, 4) is 17.2 Å². The second kappa shape index (κ2) is 10.1. The van der Waals surface area contributed by atoms with Crippen molar-refractivity contribution in [1.82, 2.24) is 5.32 Å². The van der Waals surface area contributed by atoms with Crippen LogP contribution in [0.1, 0.15) is 12.5 Å². The van der Waals surface area contributed by atoms with Crippen LogP contribution in [0.3, 0.4) is 0 Å². The van der Waals surface area contributed by atoms with E-state index < -0.39 is 18.0 Å². The summed E-state index contributed by atoms with van der Waals surface area (Å²) in [6.45, 7) is 1.46. The number of methoxy groups -OCH3 is 2. The SMILES string of the molecule is COc1ccc(CNC(=O)COC(=O)[C@@H](C)Oc2ccccc2)cc1OC. The number of para-hydroxylation sites is 1. The van der Waals surface area contributed by atoms with Gasteiger partial charge in [-0.05, 0) is 36.8 Å². The minimum absolute atomic E-state index is 0.271. The molecule has 0 fully saturated rings. The van der Waals surface area contributed by atoms with Crippen LogP contribution in [0.25, 0.3) is 0 Å². The summed E-state index contributed by atoms with van der Waals surface area (Å²) in [5.74, 6) is 0.710. The van der Waals surface area contributed by atoms with E-state index in [1.165, 1.54) is 0 Å². The first-order chi connectivity index (χ1) is 13.0. The van der Waals surface area contributed by atoms with E-state index in [1.54, 1.807) is 57.5 Å². The highest BCUT2D eigenvalue weighted by molar-refractivity contribution is 5.82. The van der Waals surface area contributed by atoms with Gasteiger partial charge in [0.2, 0.25) is 0 Å². The second-order valence-corrected chi connectivity index (χ2v) is 5.65. The van der Waals surface area contributed by atoms with Crippen molar-refractivity contribution >= 4 is 11.9 Å². The number of hydrogen-bond acceptors (Lipinski definition) is 6. The van der Waals surface area contributed by atoms with Crippen LogP contribution in [0.5, 0.6) is 17.2 Å². The molecule has 1 atom stereocenters. The van der Waals surface area contributed by atoms with Gasteiger partial charge >= 0.3 is 5.97 Å². The zero-order chi connectivity index (χ0) is 19.6. The van der Waals surface area contributed by atoms with Crippen molar-refractivity contribution in [1.29, 1.82) is 0 Å². The molecule has 0 spiro atoms. The van der Waals surface area contributed by atoms with Gasteiger partial charge in [0.05, 0.1) is 14.2 Å². The van der Waals surface area contributed by atoms with Gasteiger partial charge in [-0.15, -0.1) is 0 Å². The van der Waals surface area contributed by atoms with Crippen molar-refractivity contribution in [2.75, 3.05) is 20.8 Å². The van der Waals surface area contributed by atoms with Gasteiger partial charge in [-0.25, -0.2) is 4.79 Å². The van der Waals surface area contributed by atoms with Crippen LogP contribution in [0.2, 0.25) is 0 Å². The number of esters is 1. The first-order valence-corrected chi connectivity index (χ1v) is 8.39. The normalized spacial score (nSPS) is 11.2. The number of rotatable bonds is 9. The fourth-order valence-corrected chi connectivity index (χ4v) is 2.25. The van der Waals surface area contributed by atoms with Crippen LogP contribution >= 0.6 is 0 Å². The molecule has 27 heavy (non-hydrogen) atoms. The van der Waals surface area contributed by atoms with Gasteiger partial charge in [-0.3, -0.25) is 4.79 Å². The molecule has 1 N–H and O–H groups in total. The summed E-state index contributed by atoms with van der Waals surface area (Å²) in [6, 6.07) is 14.2. The molecule has 0 aliphatic heterocycles. The molecule has 0 bridgehead atoms. The maximum atomic E-state index is 11.9. The first-order valence-electron chi connectivity index (χ1n) is 8.39. The quantitative estimate of drug-likeness (QED) is 0.680. The highest BCUT2D eigenvalue weighted by Crippen LogP contribution is 2.27. The maximum Gasteiger partial charge on any atom is 0.347 e. The predicted molar refractivity (Wildman–Crippen MR) is 98.9 cm³/mol. The molecule has 2 aromatic carbocycles. The lowest BCUT2D eigenvalue weighted by molar-refractivity contribution is -0.154. The van der Waals surface area contributed by atoms with E-state index in [2.05, 4.69) is 5.32 Å². The van der Waals surface area contributed by atoms with E-state index >= 15 is 0 Å². The lowest BCUT2D eigenvalue weighted by Crippen LogP contribution is -2.32. The fraction of sp³-hybridized carbons (Fsp3) is 0.300. The van der Waals surface area contributed by atoms with E-state index in [-0.39, 0.29) is 13.2 Å². The number of nitrogens with one attached hydrogen (secondary N) is 1. The number of carbonyl (C=O) groups is 2. The molecule has 0 aromatic heterocycles. The van der Waals surface area contributed by atoms with Crippen molar-refractivity contribution < 1.29 is 28.5 Å². The Bertz CT molecular complexity index is 762. The molecule has 0 saturated carbocycles. The topological polar surface area (TPSA) is 83.1 Å². The lowest BCUT2D eigenvalue weighted by atomic mass is 10.2. The van der Waals surface area contributed by atoms with E-state index in [9.17, 15) is 9.59 Å². The van der Waals surface area contributed by atoms with Gasteiger partial charge in [0.15, 0.2) is 24.2 Å². The number of benzene rings is 2. The van der Waals surface area contributed by atoms with Crippen LogP contribution in [-0.2, 0) is 20.9 Å². The summed E-state index contributed by atoms with van der Waals surface area (Å²) in [7, 11) is 3.09. The summed E-state index contributed by atoms with van der Waals surface area (Å²) in [5, 5.41) is 2.68. The minimum atomic E-state index is -0.814. The van der Waals surface area contributed by atoms with Crippen molar-refractivity contribution in [2.24, 2.45) is 0 Å². The molecule has 0 unspecified atom stereocenters. The summed E-state index contributed by atoms with van der Waals surface area (Å²) in [4.78, 5) is 23.8. The zero-order valence-corrected chi connectivity index (χ0v) is 15.6. The third-order valence-electron chi connectivity index (χ3n) is 3.67. The molecule has 0 aliphatic rings. The Labute approximate surface area is 158 Å². The molecule has 0 aliphatic carbocycles. The van der Waals surface area contributed by atoms with E-state index in [0.717, 1.165) is 5.56 Å². The Morgan fingerprint density at radius 1 is 1.00 bits per heavy atom. The Hall–Kier alpha value is -3.22. The number of hydrogen-bond donors (Lipinski definition) is 1. The van der Waals surface area contributed by atoms with E-state index in [0.29, 0.717) is 17.2 Å². The van der Waals surface area contributed by atoms with Crippen molar-refractivity contribution in [3.63, 3.8) is 0 Å². The molecule has 7 nitrogen and oxygen atoms in total. The fourth-order valence-electron chi connectivity index (χ4n) is 2.25. The third kappa shape index (κ3) is 6.22. The smallest absolute Gasteiger partial charge is 0.347 e. The Balaban J connectivity index is 1.76. The second-order valence-electron chi connectivity index (χ2n) is 5.65. The van der Waals surface area contributed by atoms with Crippen LogP contribution in [0, 0.1) is 0 Å². The molecule has 0 saturated heterocycles. The molecule has 0 radical (unpaired) electrons. The summed E-state index contributed by atoms with van der Waals surface area (Å²) >= 11 is 0. The molecular formula is C20H23NO6. The molecule has 7 heteroatoms. The van der Waals surface area contributed by atoms with Crippen molar-refractivity contribution in [3.05, 3.63) is 54.1 Å². The number of carbonyl (C=O) groups excluding carboxylic acids is 2. The third-order valence-corrected chi connectivity index (χ3v) is 3.67. The molecule has 0 heterocycles. The van der Waals surface area contributed by atoms with E-state index in [1.807, 2.05) is 12.1 Å². The Morgan fingerprint density at radius 2 is 1.70 bits per heavy atom. The highest BCUT2D eigenvalue weighted by Gasteiger charge is 2.17.